The number of benzene rings is 1. The zero-order valence-electron chi connectivity index (χ0n) is 10.1. The maximum Gasteiger partial charge on any atom is 0.420 e. The highest BCUT2D eigenvalue weighted by molar-refractivity contribution is 5.80. The average molecular weight is 265 g/mol. The van der Waals surface area contributed by atoms with Crippen molar-refractivity contribution in [2.24, 2.45) is 0 Å². The summed E-state index contributed by atoms with van der Waals surface area (Å²) in [4.78, 5) is 33.1. The molecular formula is C11H11N3O5. The number of likely N-dealkylation sites (N-methyl/N-ethyl adjacent to an activating group) is 1. The van der Waals surface area contributed by atoms with Crippen LogP contribution < -0.4 is 11.1 Å². The molecule has 2 aromatic rings. The highest BCUT2D eigenvalue weighted by Gasteiger charge is 2.15. The first kappa shape index (κ1) is 12.8. The number of nitrogens with one attached hydrogen (secondary N) is 1. The second-order valence-electron chi connectivity index (χ2n) is 3.82. The van der Waals surface area contributed by atoms with Crippen LogP contribution in [0.4, 0.5) is 5.69 Å². The zero-order valence-corrected chi connectivity index (χ0v) is 10.1. The molecule has 0 saturated heterocycles. The highest BCUT2D eigenvalue weighted by atomic mass is 16.6. The van der Waals surface area contributed by atoms with E-state index in [1.165, 1.54) is 12.1 Å². The number of hydrogen-bond donors (Lipinski definition) is 1. The van der Waals surface area contributed by atoms with Gasteiger partial charge in [-0.25, -0.2) is 4.79 Å². The number of amides is 1. The summed E-state index contributed by atoms with van der Waals surface area (Å²) in [6.07, 6.45) is 0. The lowest BCUT2D eigenvalue weighted by Gasteiger charge is -2.02. The summed E-state index contributed by atoms with van der Waals surface area (Å²) < 4.78 is 6.02. The quantitative estimate of drug-likeness (QED) is 0.644. The van der Waals surface area contributed by atoms with Crippen LogP contribution in [0.5, 0.6) is 0 Å². The molecule has 1 heterocycles. The lowest BCUT2D eigenvalue weighted by Crippen LogP contribution is -2.30. The van der Waals surface area contributed by atoms with Gasteiger partial charge in [0.25, 0.3) is 5.69 Å². The predicted molar refractivity (Wildman–Crippen MR) is 65.8 cm³/mol. The van der Waals surface area contributed by atoms with E-state index in [1.54, 1.807) is 6.92 Å². The van der Waals surface area contributed by atoms with E-state index in [1.807, 2.05) is 0 Å². The van der Waals surface area contributed by atoms with Gasteiger partial charge >= 0.3 is 5.76 Å². The van der Waals surface area contributed by atoms with Crippen LogP contribution in [-0.2, 0) is 11.3 Å². The van der Waals surface area contributed by atoms with Gasteiger partial charge in [0.05, 0.1) is 16.5 Å². The summed E-state index contributed by atoms with van der Waals surface area (Å²) >= 11 is 0. The molecule has 0 aliphatic carbocycles. The van der Waals surface area contributed by atoms with Crippen LogP contribution in [0.2, 0.25) is 0 Å². The van der Waals surface area contributed by atoms with Gasteiger partial charge in [-0.1, -0.05) is 0 Å². The summed E-state index contributed by atoms with van der Waals surface area (Å²) in [5, 5.41) is 13.2. The Morgan fingerprint density at radius 2 is 2.26 bits per heavy atom. The second kappa shape index (κ2) is 4.92. The molecule has 0 saturated carbocycles. The minimum atomic E-state index is -0.721. The molecular weight excluding hydrogens is 254 g/mol. The minimum Gasteiger partial charge on any atom is -0.407 e. The van der Waals surface area contributed by atoms with Gasteiger partial charge in [-0.15, -0.1) is 0 Å². The van der Waals surface area contributed by atoms with Gasteiger partial charge in [0, 0.05) is 12.6 Å². The molecule has 0 fully saturated rings. The van der Waals surface area contributed by atoms with Crippen molar-refractivity contribution in [3.63, 3.8) is 0 Å². The number of nitro groups is 1. The van der Waals surface area contributed by atoms with Gasteiger partial charge in [-0.2, -0.15) is 0 Å². The third-order valence-corrected chi connectivity index (χ3v) is 2.54. The van der Waals surface area contributed by atoms with Crippen LogP contribution in [0.15, 0.2) is 27.4 Å². The van der Waals surface area contributed by atoms with Crippen LogP contribution in [0.25, 0.3) is 11.1 Å². The molecule has 1 aromatic carbocycles. The van der Waals surface area contributed by atoms with E-state index in [4.69, 9.17) is 4.42 Å². The van der Waals surface area contributed by atoms with Gasteiger partial charge in [0.15, 0.2) is 5.58 Å². The van der Waals surface area contributed by atoms with Gasteiger partial charge in [-0.3, -0.25) is 19.5 Å². The number of fused-ring (bicyclic) bond motifs is 1. The van der Waals surface area contributed by atoms with Crippen LogP contribution in [-0.4, -0.2) is 21.9 Å². The van der Waals surface area contributed by atoms with Crippen LogP contribution in [0.3, 0.4) is 0 Å². The largest absolute Gasteiger partial charge is 0.420 e. The van der Waals surface area contributed by atoms with Crippen molar-refractivity contribution in [2.45, 2.75) is 13.5 Å². The summed E-state index contributed by atoms with van der Waals surface area (Å²) in [6.45, 7) is 2.03. The Morgan fingerprint density at radius 3 is 2.89 bits per heavy atom. The van der Waals surface area contributed by atoms with Gasteiger partial charge in [-0.05, 0) is 13.0 Å². The zero-order chi connectivity index (χ0) is 14.0. The number of carbonyl (C=O) groups is 1. The Balaban J connectivity index is 2.45. The van der Waals surface area contributed by atoms with Crippen LogP contribution in [0.1, 0.15) is 6.92 Å². The van der Waals surface area contributed by atoms with Crippen molar-refractivity contribution in [1.82, 2.24) is 9.88 Å². The molecule has 0 radical (unpaired) electrons. The molecule has 0 aliphatic rings. The third-order valence-electron chi connectivity index (χ3n) is 2.54. The fraction of sp³-hybridized carbons (Fsp3) is 0.273. The van der Waals surface area contributed by atoms with Crippen molar-refractivity contribution in [3.8, 4) is 0 Å². The number of carbonyl (C=O) groups excluding carboxylic acids is 1. The van der Waals surface area contributed by atoms with Crippen molar-refractivity contribution < 1.29 is 14.1 Å². The topological polar surface area (TPSA) is 107 Å². The minimum absolute atomic E-state index is 0.0866. The Morgan fingerprint density at radius 1 is 1.53 bits per heavy atom. The van der Waals surface area contributed by atoms with Gasteiger partial charge in [0.2, 0.25) is 5.91 Å². The smallest absolute Gasteiger partial charge is 0.407 e. The predicted octanol–water partition coefficient (Wildman–Crippen LogP) is 0.639. The molecule has 0 atom stereocenters. The Labute approximate surface area is 106 Å². The Hall–Kier alpha value is -2.64. The fourth-order valence-electron chi connectivity index (χ4n) is 1.72. The Kier molecular flexibility index (Phi) is 3.32. The molecule has 1 amide bonds. The van der Waals surface area contributed by atoms with E-state index in [0.29, 0.717) is 12.1 Å². The summed E-state index contributed by atoms with van der Waals surface area (Å²) in [6, 6.07) is 3.80. The average Bonchev–Trinajstić information content (AvgIpc) is 2.65. The number of rotatable bonds is 4. The van der Waals surface area contributed by atoms with Crippen molar-refractivity contribution >= 4 is 22.7 Å². The molecule has 2 rings (SSSR count). The molecule has 19 heavy (non-hydrogen) atoms. The number of nitro benzene ring substituents is 1. The lowest BCUT2D eigenvalue weighted by molar-refractivity contribution is -0.384. The van der Waals surface area contributed by atoms with Crippen molar-refractivity contribution in [3.05, 3.63) is 38.9 Å². The summed E-state index contributed by atoms with van der Waals surface area (Å²) in [5.74, 6) is -1.05. The third kappa shape index (κ3) is 2.46. The fourth-order valence-corrected chi connectivity index (χ4v) is 1.72. The van der Waals surface area contributed by atoms with E-state index in [9.17, 15) is 19.7 Å². The van der Waals surface area contributed by atoms with E-state index < -0.39 is 10.7 Å². The number of non-ortho nitro benzene ring substituents is 1. The van der Waals surface area contributed by atoms with E-state index in [2.05, 4.69) is 5.32 Å². The number of hydrogen-bond acceptors (Lipinski definition) is 5. The van der Waals surface area contributed by atoms with Crippen LogP contribution >= 0.6 is 0 Å². The lowest BCUT2D eigenvalue weighted by atomic mass is 10.3. The molecule has 0 bridgehead atoms. The van der Waals surface area contributed by atoms with Gasteiger partial charge < -0.3 is 9.73 Å². The number of aromatic nitrogens is 1. The van der Waals surface area contributed by atoms with Crippen molar-refractivity contribution in [1.29, 1.82) is 0 Å². The second-order valence-corrected chi connectivity index (χ2v) is 3.82. The molecule has 100 valence electrons. The van der Waals surface area contributed by atoms with E-state index in [0.717, 1.165) is 10.6 Å². The first-order valence-corrected chi connectivity index (χ1v) is 5.57. The first-order chi connectivity index (χ1) is 9.02. The molecule has 1 N–H and O–H groups in total. The standard InChI is InChI=1S/C11H11N3O5/c1-2-12-10(15)6-13-8-4-3-7(14(17)18)5-9(8)19-11(13)16/h3-5H,2,6H2,1H3,(H,12,15). The maximum absolute atomic E-state index is 11.6. The molecule has 0 aliphatic heterocycles. The monoisotopic (exact) mass is 265 g/mol. The SMILES string of the molecule is CCNC(=O)Cn1c(=O)oc2cc([N+](=O)[O-])ccc21. The highest BCUT2D eigenvalue weighted by Crippen LogP contribution is 2.19. The normalized spacial score (nSPS) is 10.6. The van der Waals surface area contributed by atoms with E-state index in [-0.39, 0.29) is 23.7 Å². The van der Waals surface area contributed by atoms with Crippen LogP contribution in [0, 0.1) is 10.1 Å². The molecule has 8 nitrogen and oxygen atoms in total. The number of nitrogens with zero attached hydrogens (tertiary/aromatic N) is 2. The van der Waals surface area contributed by atoms with Crippen molar-refractivity contribution in [2.75, 3.05) is 6.54 Å². The molecule has 1 aromatic heterocycles. The summed E-state index contributed by atoms with van der Waals surface area (Å²) in [7, 11) is 0. The maximum atomic E-state index is 11.6. The van der Waals surface area contributed by atoms with E-state index >= 15 is 0 Å². The van der Waals surface area contributed by atoms with Gasteiger partial charge in [0.1, 0.15) is 6.54 Å². The summed E-state index contributed by atoms with van der Waals surface area (Å²) in [5.41, 5.74) is 0.261. The molecule has 8 heteroatoms. The molecule has 0 spiro atoms. The first-order valence-electron chi connectivity index (χ1n) is 5.57. The number of oxazole rings is 1. The molecule has 0 unspecified atom stereocenters. The Bertz CT molecular complexity index is 700.